The molecular weight excluding hydrogens is 455 g/mol. The number of nitrogens with zero attached hydrogens (tertiary/aromatic N) is 3. The summed E-state index contributed by atoms with van der Waals surface area (Å²) in [4.78, 5) is 23.5. The van der Waals surface area contributed by atoms with Crippen molar-refractivity contribution in [2.45, 2.75) is 44.8 Å². The molecule has 0 radical (unpaired) electrons. The number of anilines is 1. The average molecular weight is 483 g/mol. The fourth-order valence-corrected chi connectivity index (χ4v) is 3.59. The van der Waals surface area contributed by atoms with Crippen molar-refractivity contribution in [3.8, 4) is 0 Å². The van der Waals surface area contributed by atoms with Crippen molar-refractivity contribution in [1.29, 1.82) is 0 Å². The first kappa shape index (κ1) is 25.5. The maximum atomic E-state index is 12.7. The molecule has 12 heteroatoms. The van der Waals surface area contributed by atoms with Gasteiger partial charge in [0, 0.05) is 43.6 Å². The molecule has 4 rings (SSSR count). The maximum absolute atomic E-state index is 12.7. The summed E-state index contributed by atoms with van der Waals surface area (Å²) < 4.78 is 39.5. The molecule has 1 amide bonds. The Kier molecular flexibility index (Phi) is 8.15. The van der Waals surface area contributed by atoms with Crippen LogP contribution in [-0.4, -0.2) is 76.2 Å². The molecule has 3 heterocycles. The van der Waals surface area contributed by atoms with Crippen LogP contribution in [0.5, 0.6) is 0 Å². The number of halogens is 3. The Bertz CT molecular complexity index is 966. The van der Waals surface area contributed by atoms with E-state index in [9.17, 15) is 18.0 Å². The van der Waals surface area contributed by atoms with Gasteiger partial charge in [-0.2, -0.15) is 18.3 Å². The number of nitrogens with one attached hydrogen (secondary N) is 2. The van der Waals surface area contributed by atoms with Gasteiger partial charge in [-0.3, -0.25) is 9.48 Å². The highest BCUT2D eigenvalue weighted by molar-refractivity contribution is 5.94. The van der Waals surface area contributed by atoms with E-state index < -0.39 is 12.1 Å². The number of rotatable bonds is 5. The van der Waals surface area contributed by atoms with Crippen LogP contribution in [0.3, 0.4) is 0 Å². The molecule has 0 saturated carbocycles. The second-order valence-electron chi connectivity index (χ2n) is 8.30. The molecule has 34 heavy (non-hydrogen) atoms. The van der Waals surface area contributed by atoms with Crippen LogP contribution in [0.1, 0.15) is 35.9 Å². The second kappa shape index (κ2) is 10.9. The lowest BCUT2D eigenvalue weighted by atomic mass is 10.1. The molecule has 2 saturated heterocycles. The minimum atomic E-state index is -5.08. The van der Waals surface area contributed by atoms with Crippen molar-refractivity contribution in [2.75, 3.05) is 31.5 Å². The summed E-state index contributed by atoms with van der Waals surface area (Å²) in [7, 11) is 0. The van der Waals surface area contributed by atoms with Gasteiger partial charge in [-0.1, -0.05) is 0 Å². The number of carbonyl (C=O) groups excluding carboxylic acids is 1. The van der Waals surface area contributed by atoms with Gasteiger partial charge in [0.1, 0.15) is 0 Å². The van der Waals surface area contributed by atoms with Gasteiger partial charge >= 0.3 is 12.1 Å². The van der Waals surface area contributed by atoms with E-state index in [0.717, 1.165) is 24.5 Å². The van der Waals surface area contributed by atoms with Crippen LogP contribution in [0.15, 0.2) is 36.5 Å². The van der Waals surface area contributed by atoms with Gasteiger partial charge in [0.2, 0.25) is 0 Å². The van der Waals surface area contributed by atoms with Crippen LogP contribution in [0.25, 0.3) is 0 Å². The van der Waals surface area contributed by atoms with Crippen molar-refractivity contribution >= 4 is 17.6 Å². The Morgan fingerprint density at radius 2 is 1.74 bits per heavy atom. The van der Waals surface area contributed by atoms with Crippen LogP contribution in [0.2, 0.25) is 0 Å². The SMILES string of the molecule is CC1CN(C(=O)c2ccc(NCc3ccn(C4CNC4)n3)cc2)CC(C)O1.O=C(O)C(F)(F)F. The number of hydrogen-bond donors (Lipinski definition) is 3. The fourth-order valence-electron chi connectivity index (χ4n) is 3.59. The zero-order valence-corrected chi connectivity index (χ0v) is 18.9. The first-order valence-electron chi connectivity index (χ1n) is 10.9. The number of amides is 1. The van der Waals surface area contributed by atoms with E-state index in [1.165, 1.54) is 0 Å². The summed E-state index contributed by atoms with van der Waals surface area (Å²) in [6.07, 6.45) is -2.89. The summed E-state index contributed by atoms with van der Waals surface area (Å²) >= 11 is 0. The molecule has 3 N–H and O–H groups in total. The van der Waals surface area contributed by atoms with Gasteiger partial charge in [0.25, 0.3) is 5.91 Å². The minimum Gasteiger partial charge on any atom is -0.475 e. The quantitative estimate of drug-likeness (QED) is 0.600. The number of hydrogen-bond acceptors (Lipinski definition) is 6. The third kappa shape index (κ3) is 6.94. The fraction of sp³-hybridized carbons (Fsp3) is 0.500. The van der Waals surface area contributed by atoms with Gasteiger partial charge in [-0.05, 0) is 44.2 Å². The summed E-state index contributed by atoms with van der Waals surface area (Å²) in [6.45, 7) is 7.94. The van der Waals surface area contributed by atoms with E-state index in [1.54, 1.807) is 0 Å². The van der Waals surface area contributed by atoms with E-state index in [2.05, 4.69) is 15.7 Å². The number of carbonyl (C=O) groups is 2. The third-order valence-electron chi connectivity index (χ3n) is 5.35. The summed E-state index contributed by atoms with van der Waals surface area (Å²) in [5.41, 5.74) is 2.71. The lowest BCUT2D eigenvalue weighted by Crippen LogP contribution is -2.48. The molecule has 2 fully saturated rings. The van der Waals surface area contributed by atoms with Crippen molar-refractivity contribution in [3.63, 3.8) is 0 Å². The summed E-state index contributed by atoms with van der Waals surface area (Å²) in [6, 6.07) is 10.2. The predicted molar refractivity (Wildman–Crippen MR) is 118 cm³/mol. The Labute approximate surface area is 194 Å². The molecular formula is C22H28F3N5O4. The number of ether oxygens (including phenoxy) is 1. The van der Waals surface area contributed by atoms with Gasteiger partial charge in [0.05, 0.1) is 30.5 Å². The molecule has 2 aliphatic heterocycles. The zero-order valence-electron chi connectivity index (χ0n) is 18.9. The molecule has 2 unspecified atom stereocenters. The summed E-state index contributed by atoms with van der Waals surface area (Å²) in [5.74, 6) is -2.69. The molecule has 186 valence electrons. The number of aliphatic carboxylic acids is 1. The molecule has 2 aliphatic rings. The van der Waals surface area contributed by atoms with Crippen LogP contribution in [0.4, 0.5) is 18.9 Å². The Hall–Kier alpha value is -3.12. The van der Waals surface area contributed by atoms with Crippen molar-refractivity contribution in [3.05, 3.63) is 47.8 Å². The van der Waals surface area contributed by atoms with E-state index in [-0.39, 0.29) is 18.1 Å². The largest absolute Gasteiger partial charge is 0.490 e. The highest BCUT2D eigenvalue weighted by atomic mass is 19.4. The van der Waals surface area contributed by atoms with Gasteiger partial charge in [0.15, 0.2) is 0 Å². The van der Waals surface area contributed by atoms with Crippen LogP contribution < -0.4 is 10.6 Å². The standard InChI is InChI=1S/C20H27N5O2.C2HF3O2/c1-14-12-24(13-15(2)27-14)20(26)16-3-5-17(6-4-16)22-9-18-7-8-25(23-18)19-10-21-11-19;3-2(4,5)1(6)7/h3-8,14-15,19,21-22H,9-13H2,1-2H3;(H,6,7). The van der Waals surface area contributed by atoms with Gasteiger partial charge in [-0.15, -0.1) is 0 Å². The van der Waals surface area contributed by atoms with Crippen molar-refractivity contribution in [2.24, 2.45) is 0 Å². The zero-order chi connectivity index (χ0) is 24.9. The van der Waals surface area contributed by atoms with Crippen molar-refractivity contribution < 1.29 is 32.6 Å². The molecule has 2 aromatic rings. The number of carboxylic acids is 1. The highest BCUT2D eigenvalue weighted by Gasteiger charge is 2.38. The van der Waals surface area contributed by atoms with Crippen LogP contribution >= 0.6 is 0 Å². The van der Waals surface area contributed by atoms with E-state index in [4.69, 9.17) is 14.6 Å². The molecule has 0 aliphatic carbocycles. The number of carboxylic acid groups (broad SMARTS) is 1. The molecule has 2 atom stereocenters. The topological polar surface area (TPSA) is 109 Å². The Balaban J connectivity index is 0.000000406. The van der Waals surface area contributed by atoms with Crippen LogP contribution in [-0.2, 0) is 16.1 Å². The van der Waals surface area contributed by atoms with Gasteiger partial charge in [-0.25, -0.2) is 4.79 Å². The number of benzene rings is 1. The maximum Gasteiger partial charge on any atom is 0.490 e. The first-order chi connectivity index (χ1) is 16.0. The first-order valence-corrected chi connectivity index (χ1v) is 10.9. The van der Waals surface area contributed by atoms with E-state index in [1.807, 2.05) is 60.0 Å². The Morgan fingerprint density at radius 3 is 2.24 bits per heavy atom. The molecule has 9 nitrogen and oxygen atoms in total. The molecule has 0 bridgehead atoms. The second-order valence-corrected chi connectivity index (χ2v) is 8.30. The smallest absolute Gasteiger partial charge is 0.475 e. The average Bonchev–Trinajstić information content (AvgIpc) is 3.18. The lowest BCUT2D eigenvalue weighted by molar-refractivity contribution is -0.192. The number of alkyl halides is 3. The molecule has 1 aromatic heterocycles. The molecule has 0 spiro atoms. The monoisotopic (exact) mass is 483 g/mol. The lowest BCUT2D eigenvalue weighted by Gasteiger charge is -2.35. The molecule has 1 aromatic carbocycles. The Morgan fingerprint density at radius 1 is 1.15 bits per heavy atom. The predicted octanol–water partition coefficient (Wildman–Crippen LogP) is 2.52. The minimum absolute atomic E-state index is 0.0661. The van der Waals surface area contributed by atoms with E-state index in [0.29, 0.717) is 31.2 Å². The van der Waals surface area contributed by atoms with E-state index >= 15 is 0 Å². The van der Waals surface area contributed by atoms with Gasteiger partial charge < -0.3 is 25.4 Å². The highest BCUT2D eigenvalue weighted by Crippen LogP contribution is 2.17. The van der Waals surface area contributed by atoms with Crippen molar-refractivity contribution in [1.82, 2.24) is 20.0 Å². The summed E-state index contributed by atoms with van der Waals surface area (Å²) in [5, 5.41) is 18.4. The van der Waals surface area contributed by atoms with Crippen LogP contribution in [0, 0.1) is 0 Å². The number of morpholine rings is 1. The normalized spacial score (nSPS) is 20.7. The third-order valence-corrected chi connectivity index (χ3v) is 5.35. The number of aromatic nitrogens is 2.